The quantitative estimate of drug-likeness (QED) is 0.747. The second-order valence-corrected chi connectivity index (χ2v) is 3.46. The highest BCUT2D eigenvalue weighted by Gasteiger charge is 2.06. The highest BCUT2D eigenvalue weighted by atomic mass is 79.9. The molecule has 84 valence electrons. The summed E-state index contributed by atoms with van der Waals surface area (Å²) in [4.78, 5) is 24.7. The second-order valence-electron chi connectivity index (χ2n) is 2.61. The van der Waals surface area contributed by atoms with Crippen molar-refractivity contribution < 1.29 is 4.79 Å². The number of rotatable bonds is 3. The molecule has 0 saturated heterocycles. The number of halogens is 2. The van der Waals surface area contributed by atoms with Crippen LogP contribution in [0.5, 0.6) is 0 Å². The maximum absolute atomic E-state index is 11.4. The first kappa shape index (κ1) is 14.2. The van der Waals surface area contributed by atoms with Gasteiger partial charge >= 0.3 is 0 Å². The number of hydrogen-bond acceptors (Lipinski definition) is 3. The summed E-state index contributed by atoms with van der Waals surface area (Å²) >= 11 is 3.03. The molecule has 0 aromatic carbocycles. The number of pyridine rings is 1. The molecule has 1 rings (SSSR count). The maximum atomic E-state index is 11.4. The first-order valence-electron chi connectivity index (χ1n) is 4.01. The standard InChI is InChI=1S/C8H10BrN3O2.ClH/c9-6-3-5(4-12-8(6)14)7(13)11-2-1-10;/h3-4H,1-2,10H2,(H,11,13)(H,12,14);1H. The van der Waals surface area contributed by atoms with Crippen LogP contribution in [0.2, 0.25) is 0 Å². The van der Waals surface area contributed by atoms with E-state index in [9.17, 15) is 9.59 Å². The van der Waals surface area contributed by atoms with Gasteiger partial charge < -0.3 is 16.0 Å². The van der Waals surface area contributed by atoms with Gasteiger partial charge in [-0.1, -0.05) is 0 Å². The SMILES string of the molecule is Cl.NCCNC(=O)c1c[nH]c(=O)c(Br)c1. The van der Waals surface area contributed by atoms with Crippen molar-refractivity contribution >= 4 is 34.2 Å². The van der Waals surface area contributed by atoms with Gasteiger partial charge in [0.1, 0.15) is 0 Å². The minimum Gasteiger partial charge on any atom is -0.351 e. The first-order chi connectivity index (χ1) is 6.65. The summed E-state index contributed by atoms with van der Waals surface area (Å²) < 4.78 is 0.331. The zero-order valence-corrected chi connectivity index (χ0v) is 10.2. The second kappa shape index (κ2) is 6.60. The van der Waals surface area contributed by atoms with Gasteiger partial charge in [0.05, 0.1) is 10.0 Å². The lowest BCUT2D eigenvalue weighted by Crippen LogP contribution is -2.29. The van der Waals surface area contributed by atoms with E-state index in [1.807, 2.05) is 0 Å². The lowest BCUT2D eigenvalue weighted by Gasteiger charge is -2.02. The van der Waals surface area contributed by atoms with Crippen LogP contribution in [-0.2, 0) is 0 Å². The molecule has 0 radical (unpaired) electrons. The number of nitrogens with two attached hydrogens (primary N) is 1. The first-order valence-corrected chi connectivity index (χ1v) is 4.81. The van der Waals surface area contributed by atoms with Crippen LogP contribution in [0.3, 0.4) is 0 Å². The Labute approximate surface area is 101 Å². The Bertz CT molecular complexity index is 394. The lowest BCUT2D eigenvalue weighted by atomic mass is 10.3. The summed E-state index contributed by atoms with van der Waals surface area (Å²) in [6.45, 7) is 0.797. The topological polar surface area (TPSA) is 88.0 Å². The molecule has 0 spiro atoms. The van der Waals surface area contributed by atoms with Crippen LogP contribution in [0.1, 0.15) is 10.4 Å². The van der Waals surface area contributed by atoms with Gasteiger partial charge in [0.25, 0.3) is 11.5 Å². The number of hydrogen-bond donors (Lipinski definition) is 3. The van der Waals surface area contributed by atoms with Crippen molar-refractivity contribution in [3.05, 3.63) is 32.7 Å². The van der Waals surface area contributed by atoms with Crippen LogP contribution < -0.4 is 16.6 Å². The molecule has 7 heteroatoms. The normalized spacial score (nSPS) is 9.20. The van der Waals surface area contributed by atoms with Gasteiger partial charge in [-0.15, -0.1) is 12.4 Å². The highest BCUT2D eigenvalue weighted by molar-refractivity contribution is 9.10. The number of amides is 1. The van der Waals surface area contributed by atoms with Crippen LogP contribution in [0.25, 0.3) is 0 Å². The van der Waals surface area contributed by atoms with Crippen LogP contribution in [0.15, 0.2) is 21.5 Å². The molecule has 0 saturated carbocycles. The van der Waals surface area contributed by atoms with Gasteiger partial charge in [0.2, 0.25) is 0 Å². The highest BCUT2D eigenvalue weighted by Crippen LogP contribution is 2.04. The molecule has 1 aromatic heterocycles. The molecule has 1 aromatic rings. The van der Waals surface area contributed by atoms with Crippen LogP contribution in [0, 0.1) is 0 Å². The van der Waals surface area contributed by atoms with Gasteiger partial charge in [0.15, 0.2) is 0 Å². The van der Waals surface area contributed by atoms with Gasteiger partial charge in [-0.2, -0.15) is 0 Å². The Hall–Kier alpha value is -0.850. The van der Waals surface area contributed by atoms with Gasteiger partial charge in [0, 0.05) is 19.3 Å². The van der Waals surface area contributed by atoms with E-state index in [1.165, 1.54) is 12.3 Å². The van der Waals surface area contributed by atoms with Crippen molar-refractivity contribution in [1.29, 1.82) is 0 Å². The van der Waals surface area contributed by atoms with Crippen molar-refractivity contribution in [2.45, 2.75) is 0 Å². The number of aromatic nitrogens is 1. The Morgan fingerprint density at radius 2 is 2.27 bits per heavy atom. The number of nitrogens with one attached hydrogen (secondary N) is 2. The average Bonchev–Trinajstić information content (AvgIpc) is 2.18. The molecule has 0 aliphatic heterocycles. The fourth-order valence-corrected chi connectivity index (χ4v) is 1.24. The third-order valence-electron chi connectivity index (χ3n) is 1.55. The van der Waals surface area contributed by atoms with Crippen molar-refractivity contribution in [3.63, 3.8) is 0 Å². The van der Waals surface area contributed by atoms with E-state index in [4.69, 9.17) is 5.73 Å². The monoisotopic (exact) mass is 295 g/mol. The fourth-order valence-electron chi connectivity index (χ4n) is 0.875. The molecule has 0 unspecified atom stereocenters. The molecule has 0 aliphatic carbocycles. The summed E-state index contributed by atoms with van der Waals surface area (Å²) in [6.07, 6.45) is 1.36. The average molecular weight is 297 g/mol. The summed E-state index contributed by atoms with van der Waals surface area (Å²) in [5.74, 6) is -0.257. The van der Waals surface area contributed by atoms with Crippen molar-refractivity contribution in [2.75, 3.05) is 13.1 Å². The largest absolute Gasteiger partial charge is 0.351 e. The van der Waals surface area contributed by atoms with Crippen LogP contribution >= 0.6 is 28.3 Å². The lowest BCUT2D eigenvalue weighted by molar-refractivity contribution is 0.0954. The van der Waals surface area contributed by atoms with E-state index in [0.29, 0.717) is 23.1 Å². The smallest absolute Gasteiger partial charge is 0.262 e. The van der Waals surface area contributed by atoms with Crippen molar-refractivity contribution in [2.24, 2.45) is 5.73 Å². The van der Waals surface area contributed by atoms with E-state index in [-0.39, 0.29) is 23.9 Å². The summed E-state index contributed by atoms with van der Waals surface area (Å²) in [6, 6.07) is 1.46. The molecule has 5 nitrogen and oxygen atoms in total. The van der Waals surface area contributed by atoms with Crippen LogP contribution in [-0.4, -0.2) is 24.0 Å². The van der Waals surface area contributed by atoms with Crippen LogP contribution in [0.4, 0.5) is 0 Å². The van der Waals surface area contributed by atoms with Gasteiger partial charge in [-0.05, 0) is 22.0 Å². The molecule has 4 N–H and O–H groups in total. The maximum Gasteiger partial charge on any atom is 0.262 e. The molecule has 0 bridgehead atoms. The third-order valence-corrected chi connectivity index (χ3v) is 2.14. The zero-order chi connectivity index (χ0) is 10.6. The minimum atomic E-state index is -0.264. The molecule has 0 fully saturated rings. The molecule has 0 atom stereocenters. The summed E-state index contributed by atoms with van der Waals surface area (Å²) in [5.41, 5.74) is 5.36. The van der Waals surface area contributed by atoms with Gasteiger partial charge in [-0.25, -0.2) is 0 Å². The summed E-state index contributed by atoms with van der Waals surface area (Å²) in [7, 11) is 0. The van der Waals surface area contributed by atoms with Crippen molar-refractivity contribution in [1.82, 2.24) is 10.3 Å². The Kier molecular flexibility index (Phi) is 6.23. The summed E-state index contributed by atoms with van der Waals surface area (Å²) in [5, 5.41) is 2.59. The molecule has 1 amide bonds. The van der Waals surface area contributed by atoms with E-state index in [2.05, 4.69) is 26.2 Å². The third kappa shape index (κ3) is 4.03. The number of carbonyl (C=O) groups is 1. The number of carbonyl (C=O) groups excluding carboxylic acids is 1. The van der Waals surface area contributed by atoms with Crippen molar-refractivity contribution in [3.8, 4) is 0 Å². The zero-order valence-electron chi connectivity index (χ0n) is 7.75. The molecule has 1 heterocycles. The predicted molar refractivity (Wildman–Crippen MR) is 63.4 cm³/mol. The number of aromatic amines is 1. The Morgan fingerprint density at radius 1 is 1.60 bits per heavy atom. The van der Waals surface area contributed by atoms with E-state index < -0.39 is 0 Å². The Morgan fingerprint density at radius 3 is 2.80 bits per heavy atom. The van der Waals surface area contributed by atoms with E-state index in [0.717, 1.165) is 0 Å². The molecular formula is C8H11BrClN3O2. The molecule has 0 aliphatic rings. The number of H-pyrrole nitrogens is 1. The molecular weight excluding hydrogens is 285 g/mol. The van der Waals surface area contributed by atoms with Gasteiger partial charge in [-0.3, -0.25) is 9.59 Å². The molecule has 15 heavy (non-hydrogen) atoms. The van der Waals surface area contributed by atoms with E-state index >= 15 is 0 Å². The fraction of sp³-hybridized carbons (Fsp3) is 0.250. The predicted octanol–water partition coefficient (Wildman–Crippen LogP) is 0.248. The Balaban J connectivity index is 0.00000196. The minimum absolute atomic E-state index is 0. The van der Waals surface area contributed by atoms with E-state index in [1.54, 1.807) is 0 Å².